The molecule has 0 amide bonds. The Bertz CT molecular complexity index is 1250. The van der Waals surface area contributed by atoms with Gasteiger partial charge < -0.3 is 9.72 Å². The van der Waals surface area contributed by atoms with E-state index in [2.05, 4.69) is 4.98 Å². The van der Waals surface area contributed by atoms with Crippen LogP contribution in [0.1, 0.15) is 50.6 Å². The van der Waals surface area contributed by atoms with Crippen LogP contribution in [0.2, 0.25) is 0 Å². The van der Waals surface area contributed by atoms with E-state index < -0.39 is 28.9 Å². The molecule has 1 N–H and O–H groups in total. The van der Waals surface area contributed by atoms with Crippen molar-refractivity contribution >= 4 is 10.9 Å². The van der Waals surface area contributed by atoms with Crippen molar-refractivity contribution in [3.05, 3.63) is 64.9 Å². The number of rotatable bonds is 8. The number of benzene rings is 2. The highest BCUT2D eigenvalue weighted by molar-refractivity contribution is 5.85. The van der Waals surface area contributed by atoms with Crippen molar-refractivity contribution in [3.63, 3.8) is 0 Å². The summed E-state index contributed by atoms with van der Waals surface area (Å²) in [6.45, 7) is 8.79. The van der Waals surface area contributed by atoms with E-state index in [0.717, 1.165) is 16.5 Å². The number of H-pyrrole nitrogens is 1. The zero-order chi connectivity index (χ0) is 26.5. The van der Waals surface area contributed by atoms with Gasteiger partial charge in [0.2, 0.25) is 0 Å². The second-order valence-corrected chi connectivity index (χ2v) is 11.7. The quantitative estimate of drug-likeness (QED) is 0.361. The number of nitrogens with zero attached hydrogens (tertiary/aromatic N) is 2. The van der Waals surface area contributed by atoms with E-state index in [1.165, 1.54) is 26.0 Å². The van der Waals surface area contributed by atoms with Crippen LogP contribution in [-0.2, 0) is 6.42 Å². The van der Waals surface area contributed by atoms with Gasteiger partial charge in [-0.05, 0) is 45.7 Å². The highest BCUT2D eigenvalue weighted by Gasteiger charge is 2.46. The van der Waals surface area contributed by atoms with Crippen molar-refractivity contribution in [2.45, 2.75) is 51.4 Å². The van der Waals surface area contributed by atoms with Gasteiger partial charge >= 0.3 is 0 Å². The van der Waals surface area contributed by atoms with Gasteiger partial charge in [-0.2, -0.15) is 0 Å². The molecule has 1 atom stereocenters. The summed E-state index contributed by atoms with van der Waals surface area (Å²) in [6.07, 6.45) is 0.614. The monoisotopic (exact) mass is 517 g/mol. The van der Waals surface area contributed by atoms with Gasteiger partial charge in [-0.3, -0.25) is 14.2 Å². The van der Waals surface area contributed by atoms with E-state index in [-0.39, 0.29) is 37.1 Å². The van der Waals surface area contributed by atoms with Crippen LogP contribution >= 0.6 is 0 Å². The van der Waals surface area contributed by atoms with Crippen LogP contribution in [0.3, 0.4) is 0 Å². The first-order valence-corrected chi connectivity index (χ1v) is 12.9. The summed E-state index contributed by atoms with van der Waals surface area (Å²) >= 11 is 0. The largest absolute Gasteiger partial charge is 0.492 e. The van der Waals surface area contributed by atoms with Gasteiger partial charge in [0.1, 0.15) is 29.7 Å². The zero-order valence-electron chi connectivity index (χ0n) is 21.9. The van der Waals surface area contributed by atoms with Gasteiger partial charge in [0.05, 0.1) is 12.7 Å². The van der Waals surface area contributed by atoms with Gasteiger partial charge in [0.15, 0.2) is 0 Å². The van der Waals surface area contributed by atoms with Crippen molar-refractivity contribution in [3.8, 4) is 5.75 Å². The Morgan fingerprint density at radius 3 is 2.43 bits per heavy atom. The average Bonchev–Trinajstić information content (AvgIpc) is 3.13. The molecule has 2 aliphatic rings. The first kappa shape index (κ1) is 26.0. The topological polar surface area (TPSA) is 31.5 Å². The standard InChI is InChI=1S/C29H35F4N3O/c1-28(2,33)17-36-27(26-21(13-29(36,3)4)20-7-5-6-8-24(20)34-26)25-22(31)11-19(12-23(25)32)37-10-9-35-15-18(14-30)16-35/h5-8,11-12,18,27,34H,9-10,13-17H2,1-4H3/t27-/m1/s1. The molecule has 2 aromatic carbocycles. The van der Waals surface area contributed by atoms with E-state index in [4.69, 9.17) is 4.74 Å². The Kier molecular flexibility index (Phi) is 6.77. The average molecular weight is 518 g/mol. The van der Waals surface area contributed by atoms with E-state index >= 15 is 13.2 Å². The molecule has 0 bridgehead atoms. The van der Waals surface area contributed by atoms with Gasteiger partial charge in [0.25, 0.3) is 0 Å². The fraction of sp³-hybridized carbons (Fsp3) is 0.517. The van der Waals surface area contributed by atoms with Crippen LogP contribution in [0.25, 0.3) is 10.9 Å². The minimum absolute atomic E-state index is 0.00626. The van der Waals surface area contributed by atoms with Gasteiger partial charge in [-0.25, -0.2) is 13.2 Å². The second-order valence-electron chi connectivity index (χ2n) is 11.7. The van der Waals surface area contributed by atoms with Crippen LogP contribution in [0.5, 0.6) is 5.75 Å². The fourth-order valence-corrected chi connectivity index (χ4v) is 5.85. The number of likely N-dealkylation sites (tertiary alicyclic amines) is 1. The smallest absolute Gasteiger partial charge is 0.135 e. The molecule has 1 aromatic heterocycles. The number of fused-ring (bicyclic) bond motifs is 3. The SMILES string of the molecule is CC(C)(F)CN1[C@H](c2c(F)cc(OCCN3CC(CF)C3)cc2F)c2[nH]c3ccccc3c2CC1(C)C. The first-order chi connectivity index (χ1) is 17.5. The lowest BCUT2D eigenvalue weighted by Gasteiger charge is -2.49. The molecule has 200 valence electrons. The summed E-state index contributed by atoms with van der Waals surface area (Å²) in [7, 11) is 0. The van der Waals surface area contributed by atoms with Gasteiger partial charge in [-0.15, -0.1) is 0 Å². The summed E-state index contributed by atoms with van der Waals surface area (Å²) in [4.78, 5) is 7.31. The number of hydrogen-bond acceptors (Lipinski definition) is 3. The minimum atomic E-state index is -1.58. The Hall–Kier alpha value is -2.58. The third-order valence-corrected chi connectivity index (χ3v) is 7.62. The second kappa shape index (κ2) is 9.62. The summed E-state index contributed by atoms with van der Waals surface area (Å²) < 4.78 is 64.9. The Labute approximate surface area is 215 Å². The van der Waals surface area contributed by atoms with Crippen LogP contribution in [0, 0.1) is 17.6 Å². The van der Waals surface area contributed by atoms with Crippen molar-refractivity contribution in [1.82, 2.24) is 14.8 Å². The van der Waals surface area contributed by atoms with Crippen LogP contribution in [0.15, 0.2) is 36.4 Å². The van der Waals surface area contributed by atoms with Crippen molar-refractivity contribution in [2.75, 3.05) is 39.5 Å². The third-order valence-electron chi connectivity index (χ3n) is 7.62. The number of hydrogen-bond donors (Lipinski definition) is 1. The molecule has 37 heavy (non-hydrogen) atoms. The molecule has 3 aromatic rings. The van der Waals surface area contributed by atoms with Crippen molar-refractivity contribution in [1.29, 1.82) is 0 Å². The molecule has 4 nitrogen and oxygen atoms in total. The predicted molar refractivity (Wildman–Crippen MR) is 138 cm³/mol. The van der Waals surface area contributed by atoms with Gasteiger partial charge in [0, 0.05) is 71.9 Å². The van der Waals surface area contributed by atoms with E-state index in [9.17, 15) is 4.39 Å². The molecule has 1 saturated heterocycles. The summed E-state index contributed by atoms with van der Waals surface area (Å²) in [5, 5.41) is 1.01. The van der Waals surface area contributed by atoms with E-state index in [1.54, 1.807) is 0 Å². The molecule has 0 unspecified atom stereocenters. The van der Waals surface area contributed by atoms with Crippen LogP contribution in [0.4, 0.5) is 17.6 Å². The summed E-state index contributed by atoms with van der Waals surface area (Å²) in [5.41, 5.74) is 0.319. The number of aromatic amines is 1. The van der Waals surface area contributed by atoms with Crippen molar-refractivity contribution < 1.29 is 22.3 Å². The molecular formula is C29H35F4N3O. The Morgan fingerprint density at radius 1 is 1.11 bits per heavy atom. The van der Waals surface area contributed by atoms with E-state index in [0.29, 0.717) is 31.7 Å². The highest BCUT2D eigenvalue weighted by atomic mass is 19.1. The summed E-state index contributed by atoms with van der Waals surface area (Å²) in [6, 6.07) is 9.39. The number of para-hydroxylation sites is 1. The maximum atomic E-state index is 15.8. The Morgan fingerprint density at radius 2 is 1.78 bits per heavy atom. The maximum absolute atomic E-state index is 15.8. The highest BCUT2D eigenvalue weighted by Crippen LogP contribution is 2.47. The first-order valence-electron chi connectivity index (χ1n) is 12.9. The number of ether oxygens (including phenoxy) is 1. The molecule has 0 saturated carbocycles. The molecular weight excluding hydrogens is 482 g/mol. The lowest BCUT2D eigenvalue weighted by Crippen LogP contribution is -2.55. The van der Waals surface area contributed by atoms with Crippen LogP contribution in [-0.4, -0.2) is 65.5 Å². The van der Waals surface area contributed by atoms with Crippen LogP contribution < -0.4 is 4.74 Å². The number of halogens is 4. The molecule has 8 heteroatoms. The molecule has 2 aliphatic heterocycles. The zero-order valence-corrected chi connectivity index (χ0v) is 21.9. The van der Waals surface area contributed by atoms with Crippen molar-refractivity contribution in [2.24, 2.45) is 5.92 Å². The molecule has 3 heterocycles. The maximum Gasteiger partial charge on any atom is 0.135 e. The predicted octanol–water partition coefficient (Wildman–Crippen LogP) is 6.20. The number of aromatic nitrogens is 1. The molecule has 0 aliphatic carbocycles. The summed E-state index contributed by atoms with van der Waals surface area (Å²) in [5.74, 6) is -1.29. The lowest BCUT2D eigenvalue weighted by molar-refractivity contribution is 0.0150. The molecule has 0 spiro atoms. The molecule has 0 radical (unpaired) electrons. The molecule has 1 fully saturated rings. The Balaban J connectivity index is 1.50. The number of alkyl halides is 2. The minimum Gasteiger partial charge on any atom is -0.492 e. The molecule has 5 rings (SSSR count). The normalized spacial score (nSPS) is 20.7. The fourth-order valence-electron chi connectivity index (χ4n) is 5.85. The third kappa shape index (κ3) is 5.10. The number of nitrogens with one attached hydrogen (secondary N) is 1. The van der Waals surface area contributed by atoms with Gasteiger partial charge in [-0.1, -0.05) is 18.2 Å². The van der Waals surface area contributed by atoms with E-state index in [1.807, 2.05) is 47.9 Å². The lowest BCUT2D eigenvalue weighted by atomic mass is 9.80.